The topological polar surface area (TPSA) is 229 Å². The maximum Gasteiger partial charge on any atom is 0.246 e. The SMILES string of the molecule is CC1C[C@H](NC(=O)[C@@H](N)CCCNC(=N)N)C(=O)N1[C@@H](CCCNC(=N)N)C(=O)c1nc2ccccc2s1. The quantitative estimate of drug-likeness (QED) is 0.0721. The molecule has 11 N–H and O–H groups in total. The number of amides is 2. The normalized spacial score (nSPS) is 18.7. The number of likely N-dealkylation sites (tertiary alicyclic amines) is 1. The van der Waals surface area contributed by atoms with Crippen LogP contribution in [0.3, 0.4) is 0 Å². The minimum absolute atomic E-state index is 0.152. The highest BCUT2D eigenvalue weighted by atomic mass is 32.1. The van der Waals surface area contributed by atoms with Crippen molar-refractivity contribution in [3.8, 4) is 0 Å². The second kappa shape index (κ2) is 13.1. The van der Waals surface area contributed by atoms with E-state index in [0.29, 0.717) is 50.2 Å². The van der Waals surface area contributed by atoms with Gasteiger partial charge in [-0.25, -0.2) is 4.98 Å². The summed E-state index contributed by atoms with van der Waals surface area (Å²) >= 11 is 1.28. The van der Waals surface area contributed by atoms with Crippen LogP contribution in [0.4, 0.5) is 0 Å². The fraction of sp³-hybridized carbons (Fsp3) is 0.500. The van der Waals surface area contributed by atoms with Gasteiger partial charge in [-0.05, 0) is 51.2 Å². The molecular formula is C24H36N10O3S. The third-order valence-corrected chi connectivity index (χ3v) is 7.43. The predicted molar refractivity (Wildman–Crippen MR) is 147 cm³/mol. The summed E-state index contributed by atoms with van der Waals surface area (Å²) in [5.41, 5.74) is 17.3. The van der Waals surface area contributed by atoms with Crippen molar-refractivity contribution in [2.24, 2.45) is 17.2 Å². The Labute approximate surface area is 224 Å². The molecule has 3 rings (SSSR count). The van der Waals surface area contributed by atoms with E-state index in [0.717, 1.165) is 10.2 Å². The maximum atomic E-state index is 13.7. The molecule has 38 heavy (non-hydrogen) atoms. The Bertz CT molecular complexity index is 1150. The van der Waals surface area contributed by atoms with Gasteiger partial charge in [-0.3, -0.25) is 25.2 Å². The van der Waals surface area contributed by atoms with Crippen molar-refractivity contribution in [1.29, 1.82) is 10.8 Å². The summed E-state index contributed by atoms with van der Waals surface area (Å²) in [7, 11) is 0. The molecule has 2 amide bonds. The summed E-state index contributed by atoms with van der Waals surface area (Å²) in [5.74, 6) is -1.35. The molecule has 0 aliphatic carbocycles. The maximum absolute atomic E-state index is 13.7. The van der Waals surface area contributed by atoms with E-state index in [9.17, 15) is 14.4 Å². The van der Waals surface area contributed by atoms with Crippen molar-refractivity contribution < 1.29 is 14.4 Å². The number of benzene rings is 1. The van der Waals surface area contributed by atoms with E-state index in [1.807, 2.05) is 31.2 Å². The van der Waals surface area contributed by atoms with E-state index in [1.165, 1.54) is 11.3 Å². The molecule has 0 spiro atoms. The Kier molecular flexibility index (Phi) is 9.96. The molecule has 14 heteroatoms. The van der Waals surface area contributed by atoms with Gasteiger partial charge in [0, 0.05) is 19.1 Å². The first kappa shape index (κ1) is 28.8. The van der Waals surface area contributed by atoms with Crippen molar-refractivity contribution >= 4 is 51.1 Å². The van der Waals surface area contributed by atoms with Gasteiger partial charge in [-0.15, -0.1) is 11.3 Å². The van der Waals surface area contributed by atoms with Gasteiger partial charge in [0.2, 0.25) is 17.6 Å². The van der Waals surface area contributed by atoms with E-state index in [2.05, 4.69) is 20.9 Å². The number of hydrogen-bond donors (Lipinski definition) is 8. The molecule has 1 unspecified atom stereocenters. The number of aromatic nitrogens is 1. The van der Waals surface area contributed by atoms with Gasteiger partial charge >= 0.3 is 0 Å². The molecule has 0 bridgehead atoms. The monoisotopic (exact) mass is 544 g/mol. The average Bonchev–Trinajstić information content (AvgIpc) is 3.42. The summed E-state index contributed by atoms with van der Waals surface area (Å²) in [5, 5.41) is 23.0. The zero-order chi connectivity index (χ0) is 27.8. The smallest absolute Gasteiger partial charge is 0.246 e. The lowest BCUT2D eigenvalue weighted by atomic mass is 10.0. The third kappa shape index (κ3) is 7.38. The average molecular weight is 545 g/mol. The van der Waals surface area contributed by atoms with Crippen LogP contribution in [0.15, 0.2) is 24.3 Å². The molecule has 4 atom stereocenters. The summed E-state index contributed by atoms with van der Waals surface area (Å²) in [4.78, 5) is 45.9. The fourth-order valence-corrected chi connectivity index (χ4v) is 5.48. The lowest BCUT2D eigenvalue weighted by Gasteiger charge is -2.30. The van der Waals surface area contributed by atoms with E-state index >= 15 is 0 Å². The number of rotatable bonds is 13. The molecule has 1 aliphatic rings. The summed E-state index contributed by atoms with van der Waals surface area (Å²) < 4.78 is 0.881. The summed E-state index contributed by atoms with van der Waals surface area (Å²) in [6.07, 6.45) is 2.07. The predicted octanol–water partition coefficient (Wildman–Crippen LogP) is -0.193. The number of thiazole rings is 1. The molecular weight excluding hydrogens is 508 g/mol. The number of nitrogens with one attached hydrogen (secondary N) is 5. The molecule has 1 aromatic carbocycles. The van der Waals surface area contributed by atoms with Crippen LogP contribution in [0, 0.1) is 10.8 Å². The number of para-hydroxylation sites is 1. The highest BCUT2D eigenvalue weighted by molar-refractivity contribution is 7.20. The fourth-order valence-electron chi connectivity index (χ4n) is 4.52. The van der Waals surface area contributed by atoms with E-state index in [-0.39, 0.29) is 29.7 Å². The van der Waals surface area contributed by atoms with Crippen LogP contribution in [-0.2, 0) is 9.59 Å². The zero-order valence-electron chi connectivity index (χ0n) is 21.3. The molecule has 206 valence electrons. The van der Waals surface area contributed by atoms with Gasteiger partial charge in [0.05, 0.1) is 22.3 Å². The number of hydrogen-bond acceptors (Lipinski definition) is 8. The Morgan fingerprint density at radius 1 is 1.13 bits per heavy atom. The van der Waals surface area contributed by atoms with Crippen LogP contribution < -0.4 is 33.2 Å². The number of Topliss-reactive ketones (excluding diaryl/α,β-unsaturated/α-hetero) is 1. The minimum Gasteiger partial charge on any atom is -0.370 e. The van der Waals surface area contributed by atoms with Gasteiger partial charge in [0.1, 0.15) is 6.04 Å². The Morgan fingerprint density at radius 2 is 1.76 bits per heavy atom. The van der Waals surface area contributed by atoms with Gasteiger partial charge in [0.15, 0.2) is 16.9 Å². The Morgan fingerprint density at radius 3 is 2.39 bits per heavy atom. The Balaban J connectivity index is 1.71. The minimum atomic E-state index is -0.821. The van der Waals surface area contributed by atoms with E-state index < -0.39 is 24.0 Å². The standard InChI is InChI=1S/C24H36N10O3S/c1-13-12-16(32-20(36)14(25)6-4-10-30-23(26)27)22(37)34(13)17(8-5-11-31-24(28)29)19(35)21-33-15-7-2-3-9-18(15)38-21/h2-3,7,9,13-14,16-17H,4-6,8,10-12,25H2,1H3,(H,32,36)(H4,26,27,30)(H4,28,29,31)/t13?,14-,16-,17-/m0/s1. The lowest BCUT2D eigenvalue weighted by molar-refractivity contribution is -0.134. The molecule has 0 radical (unpaired) electrons. The molecule has 2 heterocycles. The number of nitrogens with zero attached hydrogens (tertiary/aromatic N) is 2. The van der Waals surface area contributed by atoms with Gasteiger partial charge in [0.25, 0.3) is 0 Å². The number of guanidine groups is 2. The van der Waals surface area contributed by atoms with E-state index in [1.54, 1.807) is 4.90 Å². The van der Waals surface area contributed by atoms with E-state index in [4.69, 9.17) is 28.0 Å². The van der Waals surface area contributed by atoms with Crippen molar-refractivity contribution in [2.45, 2.75) is 63.2 Å². The van der Waals surface area contributed by atoms with Crippen molar-refractivity contribution in [3.63, 3.8) is 0 Å². The van der Waals surface area contributed by atoms with Gasteiger partial charge < -0.3 is 38.1 Å². The highest BCUT2D eigenvalue weighted by Gasteiger charge is 2.44. The first-order valence-electron chi connectivity index (χ1n) is 12.5. The van der Waals surface area contributed by atoms with Gasteiger partial charge in [-0.1, -0.05) is 12.1 Å². The third-order valence-electron chi connectivity index (χ3n) is 6.38. The number of ketones is 1. The first-order valence-corrected chi connectivity index (χ1v) is 13.3. The zero-order valence-corrected chi connectivity index (χ0v) is 22.1. The molecule has 13 nitrogen and oxygen atoms in total. The van der Waals surface area contributed by atoms with Crippen LogP contribution in [-0.4, -0.2) is 76.7 Å². The molecule has 1 fully saturated rings. The lowest BCUT2D eigenvalue weighted by Crippen LogP contribution is -2.51. The van der Waals surface area contributed by atoms with Gasteiger partial charge in [-0.2, -0.15) is 0 Å². The summed E-state index contributed by atoms with van der Waals surface area (Å²) in [6.45, 7) is 2.64. The van der Waals surface area contributed by atoms with Crippen LogP contribution in [0.25, 0.3) is 10.2 Å². The van der Waals surface area contributed by atoms with Crippen LogP contribution in [0.1, 0.15) is 48.8 Å². The second-order valence-electron chi connectivity index (χ2n) is 9.33. The molecule has 1 aliphatic heterocycles. The van der Waals surface area contributed by atoms with Crippen molar-refractivity contribution in [3.05, 3.63) is 29.3 Å². The summed E-state index contributed by atoms with van der Waals surface area (Å²) in [6, 6.07) is 4.77. The number of fused-ring (bicyclic) bond motifs is 1. The molecule has 2 aromatic rings. The second-order valence-corrected chi connectivity index (χ2v) is 10.4. The molecule has 0 saturated carbocycles. The van der Waals surface area contributed by atoms with Crippen molar-refractivity contribution in [1.82, 2.24) is 25.8 Å². The first-order chi connectivity index (χ1) is 18.1. The van der Waals surface area contributed by atoms with Crippen LogP contribution in [0.2, 0.25) is 0 Å². The number of carbonyl (C=O) groups excluding carboxylic acids is 3. The molecule has 1 saturated heterocycles. The van der Waals surface area contributed by atoms with Crippen LogP contribution >= 0.6 is 11.3 Å². The molecule has 1 aromatic heterocycles. The largest absolute Gasteiger partial charge is 0.370 e. The number of nitrogens with two attached hydrogens (primary N) is 3. The van der Waals surface area contributed by atoms with Crippen molar-refractivity contribution in [2.75, 3.05) is 13.1 Å². The van der Waals surface area contributed by atoms with Crippen LogP contribution in [0.5, 0.6) is 0 Å². The Hall–Kier alpha value is -3.78. The number of carbonyl (C=O) groups is 3. The highest BCUT2D eigenvalue weighted by Crippen LogP contribution is 2.29.